The Bertz CT molecular complexity index is 856. The maximum Gasteiger partial charge on any atom is 0.317 e. The van der Waals surface area contributed by atoms with Gasteiger partial charge in [0.05, 0.1) is 11.8 Å². The molecule has 0 bridgehead atoms. The van der Waals surface area contributed by atoms with E-state index in [2.05, 4.69) is 27.6 Å². The fraction of sp³-hybridized carbons (Fsp3) is 0.542. The van der Waals surface area contributed by atoms with Gasteiger partial charge in [0.1, 0.15) is 0 Å². The van der Waals surface area contributed by atoms with Crippen molar-refractivity contribution in [2.75, 3.05) is 42.9 Å². The predicted molar refractivity (Wildman–Crippen MR) is 128 cm³/mol. The molecule has 32 heavy (non-hydrogen) atoms. The van der Waals surface area contributed by atoms with Gasteiger partial charge >= 0.3 is 6.03 Å². The molecule has 1 aromatic carbocycles. The first-order chi connectivity index (χ1) is 15.6. The molecule has 3 amide bonds. The van der Waals surface area contributed by atoms with Crippen LogP contribution in [-0.2, 0) is 7.05 Å². The first kappa shape index (κ1) is 23.6. The second kappa shape index (κ2) is 12.1. The van der Waals surface area contributed by atoms with Gasteiger partial charge < -0.3 is 20.4 Å². The van der Waals surface area contributed by atoms with Crippen LogP contribution in [-0.4, -0.2) is 59.3 Å². The van der Waals surface area contributed by atoms with Crippen LogP contribution in [0.25, 0.3) is 0 Å². The molecule has 2 aromatic rings. The van der Waals surface area contributed by atoms with Gasteiger partial charge in [0.25, 0.3) is 5.91 Å². The van der Waals surface area contributed by atoms with Crippen molar-refractivity contribution in [1.82, 2.24) is 20.0 Å². The molecule has 0 atom stereocenters. The number of piperazine rings is 1. The van der Waals surface area contributed by atoms with Gasteiger partial charge in [0.15, 0.2) is 0 Å². The highest BCUT2D eigenvalue weighted by molar-refractivity contribution is 6.04. The van der Waals surface area contributed by atoms with Crippen LogP contribution in [0.1, 0.15) is 55.8 Å². The Morgan fingerprint density at radius 3 is 2.31 bits per heavy atom. The average Bonchev–Trinajstić information content (AvgIpc) is 3.25. The summed E-state index contributed by atoms with van der Waals surface area (Å²) in [6.07, 6.45) is 10.6. The number of carbonyl (C=O) groups excluding carboxylic acids is 2. The molecule has 0 radical (unpaired) electrons. The number of carbonyl (C=O) groups is 2. The zero-order valence-corrected chi connectivity index (χ0v) is 19.3. The molecule has 1 aliphatic heterocycles. The summed E-state index contributed by atoms with van der Waals surface area (Å²) in [7, 11) is 1.78. The van der Waals surface area contributed by atoms with Crippen molar-refractivity contribution in [2.45, 2.75) is 45.4 Å². The number of aryl methyl sites for hydroxylation is 1. The molecule has 0 aliphatic carbocycles. The van der Waals surface area contributed by atoms with E-state index in [4.69, 9.17) is 0 Å². The fourth-order valence-electron chi connectivity index (χ4n) is 3.88. The van der Waals surface area contributed by atoms with Crippen molar-refractivity contribution in [3.63, 3.8) is 0 Å². The minimum absolute atomic E-state index is 0.0478. The van der Waals surface area contributed by atoms with Crippen molar-refractivity contribution < 1.29 is 9.59 Å². The van der Waals surface area contributed by atoms with Crippen LogP contribution in [0.5, 0.6) is 0 Å². The van der Waals surface area contributed by atoms with Crippen molar-refractivity contribution in [2.24, 2.45) is 7.05 Å². The lowest BCUT2D eigenvalue weighted by Gasteiger charge is -2.36. The number of hydrogen-bond donors (Lipinski definition) is 2. The highest BCUT2D eigenvalue weighted by Crippen LogP contribution is 2.20. The predicted octanol–water partition coefficient (Wildman–Crippen LogP) is 3.86. The molecule has 1 aromatic heterocycles. The summed E-state index contributed by atoms with van der Waals surface area (Å²) in [5, 5.41) is 9.97. The van der Waals surface area contributed by atoms with Gasteiger partial charge in [0.2, 0.25) is 0 Å². The van der Waals surface area contributed by atoms with Gasteiger partial charge in [-0.15, -0.1) is 0 Å². The summed E-state index contributed by atoms with van der Waals surface area (Å²) >= 11 is 0. The number of hydrogen-bond acceptors (Lipinski definition) is 4. The highest BCUT2D eigenvalue weighted by atomic mass is 16.2. The van der Waals surface area contributed by atoms with Gasteiger partial charge in [-0.1, -0.05) is 39.0 Å². The van der Waals surface area contributed by atoms with Crippen molar-refractivity contribution >= 4 is 23.3 Å². The lowest BCUT2D eigenvalue weighted by atomic mass is 10.1. The molecule has 0 unspecified atom stereocenters. The number of urea groups is 1. The van der Waals surface area contributed by atoms with E-state index >= 15 is 0 Å². The van der Waals surface area contributed by atoms with Gasteiger partial charge in [-0.2, -0.15) is 5.10 Å². The average molecular weight is 441 g/mol. The summed E-state index contributed by atoms with van der Waals surface area (Å²) in [5.41, 5.74) is 2.37. The number of anilines is 2. The third-order valence-electron chi connectivity index (χ3n) is 5.83. The molecule has 2 N–H and O–H groups in total. The molecule has 0 spiro atoms. The van der Waals surface area contributed by atoms with Gasteiger partial charge in [-0.25, -0.2) is 4.79 Å². The number of rotatable bonds is 10. The number of nitrogens with one attached hydrogen (secondary N) is 2. The molecule has 0 saturated carbocycles. The Morgan fingerprint density at radius 2 is 1.66 bits per heavy atom. The number of unbranched alkanes of at least 4 members (excludes halogenated alkanes) is 5. The third kappa shape index (κ3) is 7.00. The summed E-state index contributed by atoms with van der Waals surface area (Å²) in [6, 6.07) is 7.87. The SMILES string of the molecule is CCCCCCCCNC(=O)N1CCN(c2ccc(NC(=O)c3cnn(C)c3)cc2)CC1. The maximum absolute atomic E-state index is 12.4. The van der Waals surface area contributed by atoms with E-state index in [-0.39, 0.29) is 11.9 Å². The monoisotopic (exact) mass is 440 g/mol. The van der Waals surface area contributed by atoms with Crippen LogP contribution in [0, 0.1) is 0 Å². The fourth-order valence-corrected chi connectivity index (χ4v) is 3.88. The molecule has 174 valence electrons. The third-order valence-corrected chi connectivity index (χ3v) is 5.83. The van der Waals surface area contributed by atoms with Crippen LogP contribution in [0.15, 0.2) is 36.7 Å². The quantitative estimate of drug-likeness (QED) is 0.550. The highest BCUT2D eigenvalue weighted by Gasteiger charge is 2.21. The minimum atomic E-state index is -0.175. The molecular formula is C24H36N6O2. The lowest BCUT2D eigenvalue weighted by molar-refractivity contribution is 0.102. The first-order valence-electron chi connectivity index (χ1n) is 11.7. The summed E-state index contributed by atoms with van der Waals surface area (Å²) in [6.45, 7) is 6.00. The molecule has 2 heterocycles. The smallest absolute Gasteiger partial charge is 0.317 e. The number of nitrogens with zero attached hydrogens (tertiary/aromatic N) is 4. The minimum Gasteiger partial charge on any atom is -0.368 e. The molecule has 1 aliphatic rings. The maximum atomic E-state index is 12.4. The summed E-state index contributed by atoms with van der Waals surface area (Å²) in [5.74, 6) is -0.175. The van der Waals surface area contributed by atoms with Gasteiger partial charge in [-0.05, 0) is 30.7 Å². The largest absolute Gasteiger partial charge is 0.368 e. The van der Waals surface area contributed by atoms with Crippen molar-refractivity contribution in [1.29, 1.82) is 0 Å². The molecular weight excluding hydrogens is 404 g/mol. The van der Waals surface area contributed by atoms with E-state index in [1.54, 1.807) is 24.1 Å². The summed E-state index contributed by atoms with van der Waals surface area (Å²) < 4.78 is 1.60. The van der Waals surface area contributed by atoms with Crippen LogP contribution in [0.3, 0.4) is 0 Å². The van der Waals surface area contributed by atoms with Crippen LogP contribution in [0.2, 0.25) is 0 Å². The second-order valence-corrected chi connectivity index (χ2v) is 8.38. The van der Waals surface area contributed by atoms with E-state index in [9.17, 15) is 9.59 Å². The Hall–Kier alpha value is -3.03. The van der Waals surface area contributed by atoms with Crippen molar-refractivity contribution in [3.8, 4) is 0 Å². The number of amides is 3. The second-order valence-electron chi connectivity index (χ2n) is 8.38. The van der Waals surface area contributed by atoms with E-state index < -0.39 is 0 Å². The lowest BCUT2D eigenvalue weighted by Crippen LogP contribution is -2.52. The zero-order valence-electron chi connectivity index (χ0n) is 19.3. The van der Waals surface area contributed by atoms with E-state index in [1.807, 2.05) is 29.2 Å². The van der Waals surface area contributed by atoms with Crippen LogP contribution < -0.4 is 15.5 Å². The number of benzene rings is 1. The Kier molecular flexibility index (Phi) is 8.95. The van der Waals surface area contributed by atoms with Crippen LogP contribution >= 0.6 is 0 Å². The summed E-state index contributed by atoms with van der Waals surface area (Å²) in [4.78, 5) is 28.8. The molecule has 3 rings (SSSR count). The molecule has 8 heteroatoms. The van der Waals surface area contributed by atoms with E-state index in [0.29, 0.717) is 18.7 Å². The van der Waals surface area contributed by atoms with Crippen LogP contribution in [0.4, 0.5) is 16.2 Å². The Labute approximate surface area is 191 Å². The Morgan fingerprint density at radius 1 is 0.969 bits per heavy atom. The Balaban J connectivity index is 1.37. The van der Waals surface area contributed by atoms with E-state index in [1.165, 1.54) is 32.1 Å². The standard InChI is InChI=1S/C24H36N6O2/c1-3-4-5-6-7-8-13-25-24(32)30-16-14-29(15-17-30)22-11-9-21(10-12-22)27-23(31)20-18-26-28(2)19-20/h9-12,18-19H,3-8,13-17H2,1-2H3,(H,25,32)(H,27,31). The van der Waals surface area contributed by atoms with Crippen molar-refractivity contribution in [3.05, 3.63) is 42.2 Å². The molecule has 1 fully saturated rings. The molecule has 1 saturated heterocycles. The van der Waals surface area contributed by atoms with Gasteiger partial charge in [-0.3, -0.25) is 9.48 Å². The first-order valence-corrected chi connectivity index (χ1v) is 11.7. The van der Waals surface area contributed by atoms with E-state index in [0.717, 1.165) is 37.4 Å². The normalized spacial score (nSPS) is 13.8. The van der Waals surface area contributed by atoms with Gasteiger partial charge in [0, 0.05) is 57.3 Å². The molecule has 8 nitrogen and oxygen atoms in total. The topological polar surface area (TPSA) is 82.5 Å². The number of aromatic nitrogens is 2. The zero-order chi connectivity index (χ0) is 22.8.